The third-order valence-electron chi connectivity index (χ3n) is 2.12. The molecule has 0 saturated carbocycles. The molecule has 1 heterocycles. The van der Waals surface area contributed by atoms with E-state index in [9.17, 15) is 4.39 Å². The standard InChI is InChI=1S/C10H10FN3S2/c1-2-14(9-12-13-10(15)16-9)8-6-4-3-5-7(8)11/h3-6H,2H2,1H3,(H,13,15). The van der Waals surface area contributed by atoms with E-state index in [-0.39, 0.29) is 5.82 Å². The number of hydrogen-bond acceptors (Lipinski definition) is 4. The molecule has 0 aliphatic heterocycles. The average Bonchev–Trinajstić information content (AvgIpc) is 2.69. The van der Waals surface area contributed by atoms with Crippen LogP contribution in [0.4, 0.5) is 15.2 Å². The van der Waals surface area contributed by atoms with Crippen molar-refractivity contribution in [1.29, 1.82) is 0 Å². The van der Waals surface area contributed by atoms with Gasteiger partial charge in [0.15, 0.2) is 3.95 Å². The number of para-hydroxylation sites is 1. The van der Waals surface area contributed by atoms with Gasteiger partial charge in [-0.05, 0) is 31.3 Å². The predicted octanol–water partition coefficient (Wildman–Crippen LogP) is 3.50. The number of aromatic nitrogens is 2. The summed E-state index contributed by atoms with van der Waals surface area (Å²) in [5, 5.41) is 7.42. The van der Waals surface area contributed by atoms with Crippen molar-refractivity contribution in [2.45, 2.75) is 6.92 Å². The van der Waals surface area contributed by atoms with Crippen LogP contribution in [0.2, 0.25) is 0 Å². The molecule has 0 unspecified atom stereocenters. The molecule has 0 amide bonds. The lowest BCUT2D eigenvalue weighted by atomic mass is 10.3. The molecule has 0 aliphatic carbocycles. The first-order valence-electron chi connectivity index (χ1n) is 4.80. The number of benzene rings is 1. The summed E-state index contributed by atoms with van der Waals surface area (Å²) in [6.07, 6.45) is 0. The van der Waals surface area contributed by atoms with Gasteiger partial charge in [0, 0.05) is 6.54 Å². The Morgan fingerprint density at radius 1 is 1.50 bits per heavy atom. The van der Waals surface area contributed by atoms with Gasteiger partial charge in [0.25, 0.3) is 0 Å². The molecule has 0 bridgehead atoms. The second-order valence-corrected chi connectivity index (χ2v) is 4.74. The Hall–Kier alpha value is -1.27. The van der Waals surface area contributed by atoms with Crippen molar-refractivity contribution in [3.05, 3.63) is 34.0 Å². The molecule has 2 rings (SSSR count). The monoisotopic (exact) mass is 255 g/mol. The number of halogens is 1. The Balaban J connectivity index is 2.44. The molecule has 2 aromatic rings. The van der Waals surface area contributed by atoms with Gasteiger partial charge in [0.1, 0.15) is 5.82 Å². The van der Waals surface area contributed by atoms with Crippen LogP contribution in [0, 0.1) is 9.77 Å². The summed E-state index contributed by atoms with van der Waals surface area (Å²) in [5.74, 6) is -0.259. The van der Waals surface area contributed by atoms with Crippen LogP contribution in [0.25, 0.3) is 0 Å². The molecule has 1 N–H and O–H groups in total. The first kappa shape index (κ1) is 11.2. The molecule has 0 saturated heterocycles. The highest BCUT2D eigenvalue weighted by Gasteiger charge is 2.13. The molecule has 0 fully saturated rings. The molecular formula is C10H10FN3S2. The van der Waals surface area contributed by atoms with E-state index in [1.807, 2.05) is 6.92 Å². The summed E-state index contributed by atoms with van der Waals surface area (Å²) >= 11 is 6.29. The quantitative estimate of drug-likeness (QED) is 0.852. The first-order chi connectivity index (χ1) is 7.72. The minimum Gasteiger partial charge on any atom is -0.314 e. The molecule has 6 heteroatoms. The molecule has 16 heavy (non-hydrogen) atoms. The second-order valence-electron chi connectivity index (χ2n) is 3.09. The van der Waals surface area contributed by atoms with Crippen LogP contribution in [0.1, 0.15) is 6.92 Å². The van der Waals surface area contributed by atoms with Crippen LogP contribution in [0.3, 0.4) is 0 Å². The maximum absolute atomic E-state index is 13.6. The van der Waals surface area contributed by atoms with Gasteiger partial charge in [-0.25, -0.2) is 4.39 Å². The molecule has 3 nitrogen and oxygen atoms in total. The van der Waals surface area contributed by atoms with Gasteiger partial charge in [0.2, 0.25) is 5.13 Å². The first-order valence-corrected chi connectivity index (χ1v) is 6.02. The molecule has 0 radical (unpaired) electrons. The van der Waals surface area contributed by atoms with Gasteiger partial charge >= 0.3 is 0 Å². The van der Waals surface area contributed by atoms with Gasteiger partial charge in [0.05, 0.1) is 5.69 Å². The largest absolute Gasteiger partial charge is 0.314 e. The van der Waals surface area contributed by atoms with Crippen molar-refractivity contribution >= 4 is 34.4 Å². The number of nitrogens with one attached hydrogen (secondary N) is 1. The number of rotatable bonds is 3. The van der Waals surface area contributed by atoms with Gasteiger partial charge < -0.3 is 4.90 Å². The molecule has 0 aliphatic rings. The second kappa shape index (κ2) is 4.71. The lowest BCUT2D eigenvalue weighted by Gasteiger charge is -2.19. The minimum atomic E-state index is -0.259. The number of hydrogen-bond donors (Lipinski definition) is 1. The number of anilines is 2. The lowest BCUT2D eigenvalue weighted by Crippen LogP contribution is -2.17. The van der Waals surface area contributed by atoms with Crippen molar-refractivity contribution in [3.63, 3.8) is 0 Å². The van der Waals surface area contributed by atoms with Crippen molar-refractivity contribution in [2.24, 2.45) is 0 Å². The summed E-state index contributed by atoms with van der Waals surface area (Å²) in [6, 6.07) is 6.62. The van der Waals surface area contributed by atoms with Gasteiger partial charge in [-0.2, -0.15) is 0 Å². The fraction of sp³-hybridized carbons (Fsp3) is 0.200. The Kier molecular flexibility index (Phi) is 3.31. The normalized spacial score (nSPS) is 10.4. The summed E-state index contributed by atoms with van der Waals surface area (Å²) in [4.78, 5) is 1.78. The molecular weight excluding hydrogens is 245 g/mol. The number of nitrogens with zero attached hydrogens (tertiary/aromatic N) is 2. The third kappa shape index (κ3) is 2.12. The Morgan fingerprint density at radius 2 is 2.25 bits per heavy atom. The maximum Gasteiger partial charge on any atom is 0.211 e. The molecule has 0 atom stereocenters. The zero-order valence-electron chi connectivity index (χ0n) is 8.61. The fourth-order valence-corrected chi connectivity index (χ4v) is 2.37. The van der Waals surface area contributed by atoms with Crippen LogP contribution in [-0.2, 0) is 0 Å². The lowest BCUT2D eigenvalue weighted by molar-refractivity contribution is 0.625. The van der Waals surface area contributed by atoms with E-state index in [2.05, 4.69) is 10.2 Å². The van der Waals surface area contributed by atoms with Crippen molar-refractivity contribution < 1.29 is 4.39 Å². The van der Waals surface area contributed by atoms with Crippen LogP contribution < -0.4 is 4.90 Å². The van der Waals surface area contributed by atoms with Crippen molar-refractivity contribution in [1.82, 2.24) is 10.2 Å². The van der Waals surface area contributed by atoms with Crippen LogP contribution in [0.15, 0.2) is 24.3 Å². The highest BCUT2D eigenvalue weighted by atomic mass is 32.1. The van der Waals surface area contributed by atoms with Crippen LogP contribution in [0.5, 0.6) is 0 Å². The zero-order valence-corrected chi connectivity index (χ0v) is 10.2. The van der Waals surface area contributed by atoms with E-state index >= 15 is 0 Å². The Labute approximate surface area is 102 Å². The van der Waals surface area contributed by atoms with E-state index in [1.54, 1.807) is 23.1 Å². The third-order valence-corrected chi connectivity index (χ3v) is 3.23. The molecule has 1 aromatic heterocycles. The van der Waals surface area contributed by atoms with E-state index < -0.39 is 0 Å². The van der Waals surface area contributed by atoms with E-state index in [0.717, 1.165) is 0 Å². The van der Waals surface area contributed by atoms with Gasteiger partial charge in [-0.1, -0.05) is 23.5 Å². The summed E-state index contributed by atoms with van der Waals surface area (Å²) in [5.41, 5.74) is 0.516. The Morgan fingerprint density at radius 3 is 2.81 bits per heavy atom. The molecule has 84 valence electrons. The molecule has 0 spiro atoms. The summed E-state index contributed by atoms with van der Waals surface area (Å²) in [7, 11) is 0. The average molecular weight is 255 g/mol. The van der Waals surface area contributed by atoms with Gasteiger partial charge in [-0.3, -0.25) is 5.10 Å². The van der Waals surface area contributed by atoms with Crippen molar-refractivity contribution in [3.8, 4) is 0 Å². The topological polar surface area (TPSA) is 31.9 Å². The highest BCUT2D eigenvalue weighted by Crippen LogP contribution is 2.28. The fourth-order valence-electron chi connectivity index (χ4n) is 1.42. The van der Waals surface area contributed by atoms with Crippen molar-refractivity contribution in [2.75, 3.05) is 11.4 Å². The predicted molar refractivity (Wildman–Crippen MR) is 66.4 cm³/mol. The van der Waals surface area contributed by atoms with Gasteiger partial charge in [-0.15, -0.1) is 5.10 Å². The Bertz CT molecular complexity index is 535. The SMILES string of the molecule is CCN(c1n[nH]c(=S)s1)c1ccccc1F. The molecule has 1 aromatic carbocycles. The minimum absolute atomic E-state index is 0.259. The van der Waals surface area contributed by atoms with E-state index in [0.29, 0.717) is 21.3 Å². The number of aromatic amines is 1. The van der Waals surface area contributed by atoms with E-state index in [1.165, 1.54) is 17.4 Å². The van der Waals surface area contributed by atoms with Crippen LogP contribution in [-0.4, -0.2) is 16.7 Å². The summed E-state index contributed by atoms with van der Waals surface area (Å²) in [6.45, 7) is 2.58. The van der Waals surface area contributed by atoms with E-state index in [4.69, 9.17) is 12.2 Å². The number of H-pyrrole nitrogens is 1. The smallest absolute Gasteiger partial charge is 0.211 e. The maximum atomic E-state index is 13.6. The van der Waals surface area contributed by atoms with Crippen LogP contribution >= 0.6 is 23.6 Å². The zero-order chi connectivity index (χ0) is 11.5. The highest BCUT2D eigenvalue weighted by molar-refractivity contribution is 7.73. The summed E-state index contributed by atoms with van der Waals surface area (Å²) < 4.78 is 14.2.